The summed E-state index contributed by atoms with van der Waals surface area (Å²) in [6.45, 7) is 8.76. The highest BCUT2D eigenvalue weighted by molar-refractivity contribution is 6.31. The lowest BCUT2D eigenvalue weighted by molar-refractivity contribution is 0.505. The van der Waals surface area contributed by atoms with Gasteiger partial charge in [0.15, 0.2) is 0 Å². The van der Waals surface area contributed by atoms with E-state index in [-0.39, 0.29) is 11.9 Å². The van der Waals surface area contributed by atoms with Crippen LogP contribution < -0.4 is 5.32 Å². The summed E-state index contributed by atoms with van der Waals surface area (Å²) in [6.07, 6.45) is 1.42. The van der Waals surface area contributed by atoms with Crippen LogP contribution in [0.3, 0.4) is 0 Å². The van der Waals surface area contributed by atoms with Gasteiger partial charge in [0.05, 0.1) is 0 Å². The summed E-state index contributed by atoms with van der Waals surface area (Å²) in [5.74, 6) is -0.234. The molecule has 0 aromatic heterocycles. The van der Waals surface area contributed by atoms with E-state index in [1.165, 1.54) is 6.07 Å². The van der Waals surface area contributed by atoms with Crippen LogP contribution >= 0.6 is 11.6 Å². The highest BCUT2D eigenvalue weighted by Crippen LogP contribution is 2.21. The summed E-state index contributed by atoms with van der Waals surface area (Å²) in [4.78, 5) is 0. The lowest BCUT2D eigenvalue weighted by Gasteiger charge is -2.19. The number of nitrogens with one attached hydrogen (secondary N) is 1. The summed E-state index contributed by atoms with van der Waals surface area (Å²) in [7, 11) is 0. The molecule has 17 heavy (non-hydrogen) atoms. The quantitative estimate of drug-likeness (QED) is 0.759. The Morgan fingerprint density at radius 3 is 2.76 bits per heavy atom. The molecule has 1 aromatic carbocycles. The smallest absolute Gasteiger partial charge is 0.127 e. The van der Waals surface area contributed by atoms with Gasteiger partial charge in [-0.15, -0.1) is 6.58 Å². The average Bonchev–Trinajstić information content (AvgIpc) is 2.23. The Bertz CT molecular complexity index is 370. The Morgan fingerprint density at radius 2 is 2.24 bits per heavy atom. The van der Waals surface area contributed by atoms with Crippen molar-refractivity contribution in [3.8, 4) is 0 Å². The maximum absolute atomic E-state index is 13.7. The Kier molecular flexibility index (Phi) is 5.66. The van der Waals surface area contributed by atoms with Crippen LogP contribution in [0.4, 0.5) is 4.39 Å². The minimum Gasteiger partial charge on any atom is -0.314 e. The predicted molar refractivity (Wildman–Crippen MR) is 72.0 cm³/mol. The largest absolute Gasteiger partial charge is 0.314 e. The molecule has 1 N–H and O–H groups in total. The lowest BCUT2D eigenvalue weighted by atomic mass is 10.00. The van der Waals surface area contributed by atoms with Gasteiger partial charge in [-0.3, -0.25) is 0 Å². The molecule has 3 heteroatoms. The number of hydrogen-bond donors (Lipinski definition) is 1. The highest BCUT2D eigenvalue weighted by atomic mass is 35.5. The van der Waals surface area contributed by atoms with E-state index in [4.69, 9.17) is 11.6 Å². The second kappa shape index (κ2) is 6.77. The third-order valence-electron chi connectivity index (χ3n) is 2.60. The van der Waals surface area contributed by atoms with Crippen molar-refractivity contribution >= 4 is 11.6 Å². The van der Waals surface area contributed by atoms with Crippen LogP contribution in [0, 0.1) is 5.82 Å². The van der Waals surface area contributed by atoms with E-state index in [2.05, 4.69) is 11.9 Å². The van der Waals surface area contributed by atoms with Gasteiger partial charge in [0, 0.05) is 16.6 Å². The molecule has 0 aliphatic carbocycles. The van der Waals surface area contributed by atoms with Crippen LogP contribution in [0.25, 0.3) is 0 Å². The maximum Gasteiger partial charge on any atom is 0.127 e. The van der Waals surface area contributed by atoms with Crippen molar-refractivity contribution in [2.24, 2.45) is 0 Å². The second-order valence-corrected chi connectivity index (χ2v) is 4.73. The van der Waals surface area contributed by atoms with Crippen LogP contribution in [0.15, 0.2) is 30.4 Å². The van der Waals surface area contributed by atoms with E-state index in [9.17, 15) is 4.39 Å². The van der Waals surface area contributed by atoms with Gasteiger partial charge >= 0.3 is 0 Å². The molecule has 1 atom stereocenters. The molecule has 0 aliphatic rings. The van der Waals surface area contributed by atoms with E-state index in [0.29, 0.717) is 17.0 Å². The maximum atomic E-state index is 13.7. The first-order valence-corrected chi connectivity index (χ1v) is 6.23. The molecule has 0 fully saturated rings. The average molecular weight is 256 g/mol. The van der Waals surface area contributed by atoms with Crippen molar-refractivity contribution < 1.29 is 4.39 Å². The van der Waals surface area contributed by atoms with Gasteiger partial charge in [0.1, 0.15) is 5.82 Å². The minimum atomic E-state index is -0.234. The Balaban J connectivity index is 2.81. The number of rotatable bonds is 6. The highest BCUT2D eigenvalue weighted by Gasteiger charge is 2.14. The molecular weight excluding hydrogens is 237 g/mol. The molecule has 0 saturated carbocycles. The van der Waals surface area contributed by atoms with Gasteiger partial charge in [-0.05, 0) is 38.4 Å². The number of hydrogen-bond acceptors (Lipinski definition) is 1. The lowest BCUT2D eigenvalue weighted by Crippen LogP contribution is -2.31. The predicted octanol–water partition coefficient (Wildman–Crippen LogP) is 3.97. The molecule has 0 saturated heterocycles. The van der Waals surface area contributed by atoms with Crippen molar-refractivity contribution in [3.63, 3.8) is 0 Å². The van der Waals surface area contributed by atoms with Crippen molar-refractivity contribution in [3.05, 3.63) is 46.8 Å². The van der Waals surface area contributed by atoms with Crippen LogP contribution in [0.1, 0.15) is 25.8 Å². The van der Waals surface area contributed by atoms with Gasteiger partial charge in [0.25, 0.3) is 0 Å². The van der Waals surface area contributed by atoms with Gasteiger partial charge in [-0.2, -0.15) is 0 Å². The number of likely N-dealkylation sites (N-methyl/N-ethyl adjacent to an activating group) is 1. The molecule has 0 heterocycles. The fourth-order valence-electron chi connectivity index (χ4n) is 1.90. The summed E-state index contributed by atoms with van der Waals surface area (Å²) in [5, 5.41) is 3.83. The zero-order valence-electron chi connectivity index (χ0n) is 10.4. The molecule has 1 rings (SSSR count). The second-order valence-electron chi connectivity index (χ2n) is 4.32. The van der Waals surface area contributed by atoms with Gasteiger partial charge in [-0.1, -0.05) is 30.2 Å². The molecule has 1 unspecified atom stereocenters. The molecular formula is C14H19ClFN. The summed E-state index contributed by atoms with van der Waals surface area (Å²) in [6, 6.07) is 4.99. The van der Waals surface area contributed by atoms with E-state index >= 15 is 0 Å². The Hall–Kier alpha value is -0.860. The zero-order chi connectivity index (χ0) is 12.8. The molecule has 1 aromatic rings. The van der Waals surface area contributed by atoms with Crippen LogP contribution in [0.5, 0.6) is 0 Å². The summed E-state index contributed by atoms with van der Waals surface area (Å²) in [5.41, 5.74) is 1.67. The Morgan fingerprint density at radius 1 is 1.53 bits per heavy atom. The molecule has 0 aliphatic heterocycles. The number of benzene rings is 1. The van der Waals surface area contributed by atoms with Gasteiger partial charge < -0.3 is 5.32 Å². The third kappa shape index (κ3) is 4.49. The Labute approximate surface area is 108 Å². The van der Waals surface area contributed by atoms with Gasteiger partial charge in [-0.25, -0.2) is 4.39 Å². The van der Waals surface area contributed by atoms with E-state index in [1.807, 2.05) is 13.8 Å². The SMILES string of the molecule is C=C(C)CC(Cc1c(F)cccc1Cl)NCC. The van der Waals surface area contributed by atoms with E-state index < -0.39 is 0 Å². The molecule has 94 valence electrons. The van der Waals surface area contributed by atoms with Crippen LogP contribution in [-0.2, 0) is 6.42 Å². The first kappa shape index (κ1) is 14.2. The fraction of sp³-hybridized carbons (Fsp3) is 0.429. The minimum absolute atomic E-state index is 0.187. The first-order valence-electron chi connectivity index (χ1n) is 5.85. The van der Waals surface area contributed by atoms with Crippen molar-refractivity contribution in [1.82, 2.24) is 5.32 Å². The molecule has 0 amide bonds. The standard InChI is InChI=1S/C14H19ClFN/c1-4-17-11(8-10(2)3)9-12-13(15)6-5-7-14(12)16/h5-7,11,17H,2,4,8-9H2,1,3H3. The fourth-order valence-corrected chi connectivity index (χ4v) is 2.14. The summed E-state index contributed by atoms with van der Waals surface area (Å²) >= 11 is 6.02. The third-order valence-corrected chi connectivity index (χ3v) is 2.95. The van der Waals surface area contributed by atoms with Crippen LogP contribution in [-0.4, -0.2) is 12.6 Å². The van der Waals surface area contributed by atoms with Crippen molar-refractivity contribution in [2.75, 3.05) is 6.54 Å². The molecule has 0 bridgehead atoms. The van der Waals surface area contributed by atoms with Crippen molar-refractivity contribution in [1.29, 1.82) is 0 Å². The molecule has 0 radical (unpaired) electrons. The topological polar surface area (TPSA) is 12.0 Å². The monoisotopic (exact) mass is 255 g/mol. The van der Waals surface area contributed by atoms with Gasteiger partial charge in [0.2, 0.25) is 0 Å². The van der Waals surface area contributed by atoms with Crippen molar-refractivity contribution in [2.45, 2.75) is 32.7 Å². The molecule has 1 nitrogen and oxygen atoms in total. The zero-order valence-corrected chi connectivity index (χ0v) is 11.1. The molecule has 0 spiro atoms. The number of halogens is 2. The first-order chi connectivity index (χ1) is 8.04. The van der Waals surface area contributed by atoms with Crippen LogP contribution in [0.2, 0.25) is 5.02 Å². The van der Waals surface area contributed by atoms with E-state index in [1.54, 1.807) is 12.1 Å². The normalized spacial score (nSPS) is 12.5. The summed E-state index contributed by atoms with van der Waals surface area (Å²) < 4.78 is 13.7. The van der Waals surface area contributed by atoms with E-state index in [0.717, 1.165) is 18.5 Å².